The zero-order valence-corrected chi connectivity index (χ0v) is 9.36. The van der Waals surface area contributed by atoms with Crippen molar-refractivity contribution in [2.75, 3.05) is 5.32 Å². The number of para-hydroxylation sites is 1. The van der Waals surface area contributed by atoms with Gasteiger partial charge in [-0.25, -0.2) is 4.39 Å². The molecule has 0 saturated heterocycles. The molecule has 6 heteroatoms. The lowest BCUT2D eigenvalue weighted by Gasteiger charge is -2.07. The van der Waals surface area contributed by atoms with Crippen molar-refractivity contribution in [3.05, 3.63) is 34.7 Å². The normalized spacial score (nSPS) is 10.3. The first-order valence-corrected chi connectivity index (χ1v) is 5.29. The zero-order chi connectivity index (χ0) is 10.8. The average molecular weight is 244 g/mol. The van der Waals surface area contributed by atoms with E-state index in [0.717, 1.165) is 17.3 Å². The van der Waals surface area contributed by atoms with Crippen LogP contribution in [0.15, 0.2) is 18.2 Å². The van der Waals surface area contributed by atoms with Crippen molar-refractivity contribution in [1.29, 1.82) is 0 Å². The van der Waals surface area contributed by atoms with Crippen molar-refractivity contribution < 1.29 is 4.39 Å². The fraction of sp³-hybridized carbons (Fsp3) is 0.111. The summed E-state index contributed by atoms with van der Waals surface area (Å²) in [5.74, 6) is 0.0499. The van der Waals surface area contributed by atoms with Gasteiger partial charge in [-0.2, -0.15) is 8.75 Å². The Labute approximate surface area is 95.2 Å². The molecular weight excluding hydrogens is 237 g/mol. The van der Waals surface area contributed by atoms with Gasteiger partial charge >= 0.3 is 0 Å². The molecular formula is C9H7ClFN3S. The predicted octanol–water partition coefficient (Wildman–Crippen LogP) is 3.38. The van der Waals surface area contributed by atoms with Gasteiger partial charge in [-0.1, -0.05) is 23.7 Å². The summed E-state index contributed by atoms with van der Waals surface area (Å²) in [5, 5.41) is 3.07. The monoisotopic (exact) mass is 243 g/mol. The van der Waals surface area contributed by atoms with Crippen molar-refractivity contribution in [3.63, 3.8) is 0 Å². The van der Waals surface area contributed by atoms with Crippen LogP contribution in [0.25, 0.3) is 0 Å². The number of nitrogens with zero attached hydrogens (tertiary/aromatic N) is 2. The van der Waals surface area contributed by atoms with Crippen LogP contribution in [-0.4, -0.2) is 8.75 Å². The van der Waals surface area contributed by atoms with E-state index in [1.807, 2.05) is 0 Å². The van der Waals surface area contributed by atoms with Crippen LogP contribution in [-0.2, 0) is 0 Å². The van der Waals surface area contributed by atoms with Crippen molar-refractivity contribution >= 4 is 34.8 Å². The molecule has 2 aromatic rings. The number of hydrogen-bond donors (Lipinski definition) is 1. The van der Waals surface area contributed by atoms with Gasteiger partial charge in [-0.05, 0) is 18.6 Å². The maximum Gasteiger partial charge on any atom is 0.187 e. The summed E-state index contributed by atoms with van der Waals surface area (Å²) in [6, 6.07) is 4.83. The highest BCUT2D eigenvalue weighted by atomic mass is 35.5. The number of anilines is 2. The third-order valence-electron chi connectivity index (χ3n) is 1.91. The van der Waals surface area contributed by atoms with Gasteiger partial charge in [0.15, 0.2) is 11.0 Å². The highest BCUT2D eigenvalue weighted by Crippen LogP contribution is 2.26. The van der Waals surface area contributed by atoms with Crippen molar-refractivity contribution in [3.8, 4) is 0 Å². The van der Waals surface area contributed by atoms with E-state index in [2.05, 4.69) is 14.1 Å². The maximum atomic E-state index is 13.4. The molecule has 0 aliphatic heterocycles. The van der Waals surface area contributed by atoms with Crippen LogP contribution < -0.4 is 5.32 Å². The molecule has 3 nitrogen and oxygen atoms in total. The van der Waals surface area contributed by atoms with Crippen LogP contribution in [0.4, 0.5) is 15.9 Å². The van der Waals surface area contributed by atoms with Gasteiger partial charge in [-0.3, -0.25) is 0 Å². The highest BCUT2D eigenvalue weighted by molar-refractivity contribution is 6.99. The molecule has 1 aromatic carbocycles. The quantitative estimate of drug-likeness (QED) is 0.879. The number of nitrogens with one attached hydrogen (secondary N) is 1. The Morgan fingerprint density at radius 1 is 1.40 bits per heavy atom. The number of hydrogen-bond acceptors (Lipinski definition) is 4. The number of aromatic nitrogens is 2. The predicted molar refractivity (Wildman–Crippen MR) is 59.3 cm³/mol. The number of aryl methyl sites for hydroxylation is 1. The molecule has 15 heavy (non-hydrogen) atoms. The molecule has 0 fully saturated rings. The summed E-state index contributed by atoms with van der Waals surface area (Å²) in [7, 11) is 0. The summed E-state index contributed by atoms with van der Waals surface area (Å²) in [6.07, 6.45) is 0. The van der Waals surface area contributed by atoms with E-state index < -0.39 is 0 Å². The van der Waals surface area contributed by atoms with Crippen molar-refractivity contribution in [2.24, 2.45) is 0 Å². The van der Waals surface area contributed by atoms with Gasteiger partial charge in [0.2, 0.25) is 0 Å². The van der Waals surface area contributed by atoms with Crippen LogP contribution in [0, 0.1) is 12.7 Å². The average Bonchev–Trinajstić information content (AvgIpc) is 2.58. The van der Waals surface area contributed by atoms with Gasteiger partial charge < -0.3 is 5.32 Å². The van der Waals surface area contributed by atoms with Crippen LogP contribution in [0.1, 0.15) is 5.56 Å². The first kappa shape index (κ1) is 10.3. The second-order valence-electron chi connectivity index (χ2n) is 2.96. The van der Waals surface area contributed by atoms with E-state index in [4.69, 9.17) is 11.6 Å². The molecule has 0 unspecified atom stereocenters. The maximum absolute atomic E-state index is 13.4. The number of rotatable bonds is 2. The molecule has 78 valence electrons. The van der Waals surface area contributed by atoms with E-state index in [9.17, 15) is 4.39 Å². The minimum absolute atomic E-state index is 0.252. The van der Waals surface area contributed by atoms with Gasteiger partial charge in [0, 0.05) is 0 Å². The summed E-state index contributed by atoms with van der Waals surface area (Å²) in [4.78, 5) is 0. The Morgan fingerprint density at radius 3 is 2.80 bits per heavy atom. The lowest BCUT2D eigenvalue weighted by atomic mass is 10.2. The van der Waals surface area contributed by atoms with E-state index in [1.165, 1.54) is 6.07 Å². The lowest BCUT2D eigenvalue weighted by Crippen LogP contribution is -1.97. The van der Waals surface area contributed by atoms with Gasteiger partial charge in [0.05, 0.1) is 17.4 Å². The highest BCUT2D eigenvalue weighted by Gasteiger charge is 2.10. The van der Waals surface area contributed by atoms with E-state index in [1.54, 1.807) is 19.1 Å². The van der Waals surface area contributed by atoms with Crippen LogP contribution in [0.5, 0.6) is 0 Å². The topological polar surface area (TPSA) is 37.8 Å². The smallest absolute Gasteiger partial charge is 0.187 e. The summed E-state index contributed by atoms with van der Waals surface area (Å²) in [6.45, 7) is 1.80. The number of halogens is 2. The van der Waals surface area contributed by atoms with E-state index >= 15 is 0 Å². The zero-order valence-electron chi connectivity index (χ0n) is 7.79. The van der Waals surface area contributed by atoms with Crippen LogP contribution >= 0.6 is 23.3 Å². The molecule has 0 radical (unpaired) electrons. The fourth-order valence-corrected chi connectivity index (χ4v) is 1.81. The second-order valence-corrected chi connectivity index (χ2v) is 3.85. The fourth-order valence-electron chi connectivity index (χ4n) is 1.16. The molecule has 0 spiro atoms. The molecule has 0 saturated carbocycles. The second kappa shape index (κ2) is 4.12. The minimum Gasteiger partial charge on any atom is -0.334 e. The molecule has 1 N–H and O–H groups in total. The SMILES string of the molecule is Cc1cccc(F)c1Nc1nsnc1Cl. The molecule has 2 rings (SSSR count). The van der Waals surface area contributed by atoms with E-state index in [0.29, 0.717) is 11.5 Å². The Hall–Kier alpha value is -1.20. The van der Waals surface area contributed by atoms with Gasteiger partial charge in [0.1, 0.15) is 5.82 Å². The van der Waals surface area contributed by atoms with Crippen molar-refractivity contribution in [1.82, 2.24) is 8.75 Å². The molecule has 0 bridgehead atoms. The molecule has 0 atom stereocenters. The molecule has 1 aromatic heterocycles. The molecule has 0 amide bonds. The third kappa shape index (κ3) is 2.08. The van der Waals surface area contributed by atoms with Crippen molar-refractivity contribution in [2.45, 2.75) is 6.92 Å². The van der Waals surface area contributed by atoms with E-state index in [-0.39, 0.29) is 11.0 Å². The minimum atomic E-state index is -0.334. The molecule has 0 aliphatic rings. The summed E-state index contributed by atoms with van der Waals surface area (Å²) >= 11 is 6.73. The Morgan fingerprint density at radius 2 is 2.20 bits per heavy atom. The Bertz CT molecular complexity index is 466. The molecule has 0 aliphatic carbocycles. The third-order valence-corrected chi connectivity index (χ3v) is 2.81. The Kier molecular flexibility index (Phi) is 2.83. The van der Waals surface area contributed by atoms with Crippen LogP contribution in [0.3, 0.4) is 0 Å². The first-order valence-electron chi connectivity index (χ1n) is 4.18. The largest absolute Gasteiger partial charge is 0.334 e. The van der Waals surface area contributed by atoms with Gasteiger partial charge in [-0.15, -0.1) is 0 Å². The Balaban J connectivity index is 2.36. The first-order chi connectivity index (χ1) is 7.18. The summed E-state index contributed by atoms with van der Waals surface area (Å²) < 4.78 is 21.1. The van der Waals surface area contributed by atoms with Crippen LogP contribution in [0.2, 0.25) is 5.15 Å². The van der Waals surface area contributed by atoms with Gasteiger partial charge in [0.25, 0.3) is 0 Å². The summed E-state index contributed by atoms with van der Waals surface area (Å²) in [5.41, 5.74) is 1.17. The standard InChI is InChI=1S/C9H7ClFN3S/c1-5-3-2-4-6(11)7(5)12-9-8(10)13-15-14-9/h2-4H,1H3,(H,12,14). The molecule has 1 heterocycles. The lowest BCUT2D eigenvalue weighted by molar-refractivity contribution is 0.631. The number of benzene rings is 1.